The van der Waals surface area contributed by atoms with E-state index in [-0.39, 0.29) is 60.8 Å². The molecule has 16 nitrogen and oxygen atoms in total. The highest BCUT2D eigenvalue weighted by molar-refractivity contribution is 7.75. The molecular formula is C41H58O16P2Si2. The van der Waals surface area contributed by atoms with Crippen molar-refractivity contribution in [3.8, 4) is 46.0 Å². The molecule has 0 saturated carbocycles. The molecule has 61 heavy (non-hydrogen) atoms. The van der Waals surface area contributed by atoms with E-state index >= 15 is 9.13 Å². The minimum absolute atomic E-state index is 0.0769. The Morgan fingerprint density at radius 2 is 0.623 bits per heavy atom. The van der Waals surface area contributed by atoms with Gasteiger partial charge in [0, 0.05) is 79.0 Å². The van der Waals surface area contributed by atoms with Crippen LogP contribution in [-0.4, -0.2) is 93.6 Å². The summed E-state index contributed by atoms with van der Waals surface area (Å²) in [6.07, 6.45) is -0.141. The molecule has 4 aromatic carbocycles. The minimum atomic E-state index is -5.01. The van der Waals surface area contributed by atoms with Crippen LogP contribution in [-0.2, 0) is 35.7 Å². The Morgan fingerprint density at radius 1 is 0.393 bits per heavy atom. The van der Waals surface area contributed by atoms with Crippen molar-refractivity contribution in [2.75, 3.05) is 71.1 Å². The van der Waals surface area contributed by atoms with Crippen molar-refractivity contribution in [2.45, 2.75) is 42.7 Å². The van der Waals surface area contributed by atoms with Gasteiger partial charge in [0.05, 0.1) is 28.4 Å². The summed E-state index contributed by atoms with van der Waals surface area (Å²) < 4.78 is 117. The second-order valence-electron chi connectivity index (χ2n) is 13.4. The van der Waals surface area contributed by atoms with Gasteiger partial charge in [-0.05, 0) is 74.2 Å². The quantitative estimate of drug-likeness (QED) is 0.0390. The molecule has 0 radical (unpaired) electrons. The van der Waals surface area contributed by atoms with Crippen LogP contribution in [0.15, 0.2) is 97.1 Å². The van der Waals surface area contributed by atoms with E-state index in [9.17, 15) is 0 Å². The SMILES string of the molecule is COc1cccc(OP(=O)(Oc2cccc(OC)c2)C(CCC[Si](OC)(OC)OC)(CCC[Si](OC)(OC)OC)P(=O)(Oc2cccc(OC)c2)Oc2cccc(OC)c2)c1. The molecule has 0 unspecified atom stereocenters. The van der Waals surface area contributed by atoms with Crippen LogP contribution in [0.25, 0.3) is 0 Å². The molecule has 0 amide bonds. The fraction of sp³-hybridized carbons (Fsp3) is 0.415. The molecule has 4 aromatic rings. The van der Waals surface area contributed by atoms with Crippen LogP contribution < -0.4 is 37.0 Å². The minimum Gasteiger partial charge on any atom is -0.497 e. The third-order valence-electron chi connectivity index (χ3n) is 10.1. The topological polar surface area (TPSA) is 163 Å². The summed E-state index contributed by atoms with van der Waals surface area (Å²) in [5, 5.41) is 0. The molecule has 20 heteroatoms. The third-order valence-corrected chi connectivity index (χ3v) is 21.9. The summed E-state index contributed by atoms with van der Waals surface area (Å²) in [5.74, 6) is 1.89. The number of hydrogen-bond acceptors (Lipinski definition) is 16. The Balaban J connectivity index is 2.16. The summed E-state index contributed by atoms with van der Waals surface area (Å²) in [7, 11) is -1.78. The van der Waals surface area contributed by atoms with Crippen LogP contribution in [0.2, 0.25) is 12.1 Å². The van der Waals surface area contributed by atoms with Gasteiger partial charge in [0.25, 0.3) is 0 Å². The standard InChI is InChI=1S/C41H58O16P2Si2/c1-44-33-17-11-21-37(29-33)54-58(42,55-38-22-12-18-34(30-38)45-2)41(25-15-27-60(48-5,49-6)50-7,26-16-28-61(51-8,52-9)53-10)59(43,56-39-23-13-19-35(31-39)46-3)57-40-24-14-20-36(32-40)47-4/h11-14,17-24,29-32H,15-16,25-28H2,1-10H3. The zero-order valence-electron chi connectivity index (χ0n) is 36.4. The number of ether oxygens (including phenoxy) is 4. The van der Waals surface area contributed by atoms with Crippen molar-refractivity contribution in [3.63, 3.8) is 0 Å². The van der Waals surface area contributed by atoms with E-state index in [1.807, 2.05) is 0 Å². The average Bonchev–Trinajstić information content (AvgIpc) is 3.29. The van der Waals surface area contributed by atoms with Crippen molar-refractivity contribution in [1.29, 1.82) is 0 Å². The fourth-order valence-corrected chi connectivity index (χ4v) is 15.9. The van der Waals surface area contributed by atoms with E-state index in [1.54, 1.807) is 97.1 Å². The molecule has 0 bridgehead atoms. The molecule has 336 valence electrons. The van der Waals surface area contributed by atoms with Gasteiger partial charge in [-0.3, -0.25) is 0 Å². The monoisotopic (exact) mass is 924 g/mol. The lowest BCUT2D eigenvalue weighted by Crippen LogP contribution is -2.44. The Morgan fingerprint density at radius 3 is 0.836 bits per heavy atom. The highest BCUT2D eigenvalue weighted by Crippen LogP contribution is 2.79. The zero-order chi connectivity index (χ0) is 44.6. The largest absolute Gasteiger partial charge is 0.500 e. The van der Waals surface area contributed by atoms with Crippen LogP contribution in [0, 0.1) is 0 Å². The second kappa shape index (κ2) is 22.9. The first-order valence-electron chi connectivity index (χ1n) is 19.2. The second-order valence-corrected chi connectivity index (χ2v) is 24.3. The van der Waals surface area contributed by atoms with E-state index in [4.69, 9.17) is 63.6 Å². The van der Waals surface area contributed by atoms with E-state index in [0.29, 0.717) is 23.0 Å². The van der Waals surface area contributed by atoms with E-state index < -0.39 is 37.7 Å². The Bertz CT molecular complexity index is 1800. The summed E-state index contributed by atoms with van der Waals surface area (Å²) in [6, 6.07) is 26.3. The molecule has 0 fully saturated rings. The molecule has 0 heterocycles. The van der Waals surface area contributed by atoms with Gasteiger partial charge in [-0.15, -0.1) is 0 Å². The van der Waals surface area contributed by atoms with Gasteiger partial charge in [-0.2, -0.15) is 0 Å². The third kappa shape index (κ3) is 12.1. The highest BCUT2D eigenvalue weighted by atomic mass is 31.2. The van der Waals surface area contributed by atoms with E-state index in [1.165, 1.54) is 71.1 Å². The van der Waals surface area contributed by atoms with Crippen molar-refractivity contribution in [3.05, 3.63) is 97.1 Å². The predicted molar refractivity (Wildman–Crippen MR) is 234 cm³/mol. The predicted octanol–water partition coefficient (Wildman–Crippen LogP) is 9.74. The normalized spacial score (nSPS) is 12.4. The first-order valence-corrected chi connectivity index (χ1v) is 26.1. The molecule has 0 spiro atoms. The lowest BCUT2D eigenvalue weighted by atomic mass is 10.1. The maximum absolute atomic E-state index is 16.9. The van der Waals surface area contributed by atoms with Crippen LogP contribution in [0.3, 0.4) is 0 Å². The molecular weight excluding hydrogens is 867 g/mol. The van der Waals surface area contributed by atoms with Crippen LogP contribution in [0.4, 0.5) is 0 Å². The molecule has 0 aromatic heterocycles. The van der Waals surface area contributed by atoms with Crippen molar-refractivity contribution in [1.82, 2.24) is 0 Å². The highest BCUT2D eigenvalue weighted by Gasteiger charge is 2.69. The molecule has 0 aliphatic rings. The Kier molecular flexibility index (Phi) is 18.6. The molecule has 0 aliphatic carbocycles. The van der Waals surface area contributed by atoms with Gasteiger partial charge >= 0.3 is 32.8 Å². The maximum Gasteiger partial charge on any atom is 0.500 e. The molecule has 0 aliphatic heterocycles. The van der Waals surface area contributed by atoms with Gasteiger partial charge in [0.1, 0.15) is 46.0 Å². The molecule has 0 N–H and O–H groups in total. The molecule has 0 atom stereocenters. The summed E-state index contributed by atoms with van der Waals surface area (Å²) in [5.41, 5.74) is 0. The Labute approximate surface area is 361 Å². The maximum atomic E-state index is 16.9. The van der Waals surface area contributed by atoms with Crippen molar-refractivity contribution in [2.24, 2.45) is 0 Å². The van der Waals surface area contributed by atoms with Gasteiger partial charge in [0.15, 0.2) is 0 Å². The first kappa shape index (κ1) is 49.6. The van der Waals surface area contributed by atoms with Crippen LogP contribution in [0.1, 0.15) is 25.7 Å². The van der Waals surface area contributed by atoms with Crippen molar-refractivity contribution < 1.29 is 72.7 Å². The number of methoxy groups -OCH3 is 4. The fourth-order valence-electron chi connectivity index (χ4n) is 6.68. The average molecular weight is 925 g/mol. The van der Waals surface area contributed by atoms with Gasteiger partial charge in [-0.1, -0.05) is 24.3 Å². The summed E-state index contributed by atoms with van der Waals surface area (Å²) in [4.78, 5) is -2.21. The lowest BCUT2D eigenvalue weighted by Gasteiger charge is -2.42. The first-order chi connectivity index (χ1) is 29.3. The van der Waals surface area contributed by atoms with Gasteiger partial charge in [0.2, 0.25) is 4.90 Å². The number of rotatable bonds is 28. The summed E-state index contributed by atoms with van der Waals surface area (Å²) in [6.45, 7) is 0. The smallest absolute Gasteiger partial charge is 0.497 e. The zero-order valence-corrected chi connectivity index (χ0v) is 40.2. The number of benzene rings is 4. The number of hydrogen-bond donors (Lipinski definition) is 0. The van der Waals surface area contributed by atoms with Crippen LogP contribution >= 0.6 is 15.2 Å². The Hall–Kier alpha value is -4.07. The van der Waals surface area contributed by atoms with E-state index in [0.717, 1.165) is 0 Å². The molecule has 4 rings (SSSR count). The van der Waals surface area contributed by atoms with E-state index in [2.05, 4.69) is 0 Å². The van der Waals surface area contributed by atoms with Crippen molar-refractivity contribution >= 4 is 32.8 Å². The lowest BCUT2D eigenvalue weighted by molar-refractivity contribution is 0.122. The van der Waals surface area contributed by atoms with Gasteiger partial charge < -0.3 is 63.6 Å². The van der Waals surface area contributed by atoms with Gasteiger partial charge in [-0.25, -0.2) is 9.13 Å². The van der Waals surface area contributed by atoms with Crippen LogP contribution in [0.5, 0.6) is 46.0 Å². The molecule has 0 saturated heterocycles. The summed E-state index contributed by atoms with van der Waals surface area (Å²) >= 11 is 0.